The van der Waals surface area contributed by atoms with Gasteiger partial charge in [0.2, 0.25) is 0 Å². The summed E-state index contributed by atoms with van der Waals surface area (Å²) in [6.07, 6.45) is 0.830. The van der Waals surface area contributed by atoms with Crippen molar-refractivity contribution in [2.45, 2.75) is 25.6 Å². The Morgan fingerprint density at radius 1 is 1.00 bits per heavy atom. The first-order chi connectivity index (χ1) is 10.2. The van der Waals surface area contributed by atoms with Gasteiger partial charge in [0.1, 0.15) is 0 Å². The molecule has 0 saturated heterocycles. The van der Waals surface area contributed by atoms with Gasteiger partial charge >= 0.3 is 11.9 Å². The molecular weight excluding hydrogens is 272 g/mol. The Bertz CT molecular complexity index is 461. The molecule has 0 bridgehead atoms. The summed E-state index contributed by atoms with van der Waals surface area (Å²) in [6.45, 7) is 0.466. The fourth-order valence-corrected chi connectivity index (χ4v) is 2.74. The molecule has 1 fully saturated rings. The fourth-order valence-electron chi connectivity index (χ4n) is 2.74. The maximum Gasteiger partial charge on any atom is 0.309 e. The van der Waals surface area contributed by atoms with E-state index in [1.54, 1.807) is 0 Å². The minimum Gasteiger partial charge on any atom is -0.469 e. The number of carbonyl (C=O) groups excluding carboxylic acids is 2. The maximum atomic E-state index is 11.8. The maximum absolute atomic E-state index is 11.8. The molecule has 0 N–H and O–H groups in total. The van der Waals surface area contributed by atoms with E-state index in [-0.39, 0.29) is 18.0 Å². The quantitative estimate of drug-likeness (QED) is 0.776. The molecule has 0 unspecified atom stereocenters. The molecule has 5 nitrogen and oxygen atoms in total. The van der Waals surface area contributed by atoms with Gasteiger partial charge in [0, 0.05) is 0 Å². The Kier molecular flexibility index (Phi) is 5.33. The Morgan fingerprint density at radius 2 is 1.52 bits per heavy atom. The van der Waals surface area contributed by atoms with Crippen LogP contribution in [0.15, 0.2) is 30.3 Å². The molecule has 21 heavy (non-hydrogen) atoms. The van der Waals surface area contributed by atoms with Crippen molar-refractivity contribution >= 4 is 11.9 Å². The van der Waals surface area contributed by atoms with Crippen molar-refractivity contribution in [2.75, 3.05) is 14.2 Å². The van der Waals surface area contributed by atoms with Gasteiger partial charge in [-0.3, -0.25) is 9.59 Å². The van der Waals surface area contributed by atoms with Crippen LogP contribution in [-0.4, -0.2) is 32.3 Å². The molecule has 0 amide bonds. The Labute approximate surface area is 124 Å². The van der Waals surface area contributed by atoms with Gasteiger partial charge < -0.3 is 14.2 Å². The predicted molar refractivity (Wildman–Crippen MR) is 75.3 cm³/mol. The van der Waals surface area contributed by atoms with Crippen LogP contribution in [0.3, 0.4) is 0 Å². The summed E-state index contributed by atoms with van der Waals surface area (Å²) in [5.74, 6) is -1.72. The van der Waals surface area contributed by atoms with Crippen LogP contribution in [0.4, 0.5) is 0 Å². The van der Waals surface area contributed by atoms with Gasteiger partial charge in [0.15, 0.2) is 0 Å². The van der Waals surface area contributed by atoms with Gasteiger partial charge in [-0.1, -0.05) is 30.3 Å². The second-order valence-electron chi connectivity index (χ2n) is 5.15. The lowest BCUT2D eigenvalue weighted by Crippen LogP contribution is -2.27. The molecule has 1 aliphatic carbocycles. The van der Waals surface area contributed by atoms with Gasteiger partial charge in [0.25, 0.3) is 0 Å². The van der Waals surface area contributed by atoms with E-state index in [0.29, 0.717) is 19.4 Å². The molecule has 114 valence electrons. The number of benzene rings is 1. The van der Waals surface area contributed by atoms with E-state index in [4.69, 9.17) is 14.2 Å². The van der Waals surface area contributed by atoms with E-state index < -0.39 is 11.8 Å². The highest BCUT2D eigenvalue weighted by Gasteiger charge is 2.44. The molecule has 0 radical (unpaired) electrons. The summed E-state index contributed by atoms with van der Waals surface area (Å²) < 4.78 is 15.4. The van der Waals surface area contributed by atoms with E-state index in [0.717, 1.165) is 5.56 Å². The number of hydrogen-bond donors (Lipinski definition) is 0. The van der Waals surface area contributed by atoms with Crippen LogP contribution in [0.2, 0.25) is 0 Å². The second kappa shape index (κ2) is 7.22. The SMILES string of the molecule is COC(=O)[C@@H]1CC(OCc2ccccc2)C[C@H]1C(=O)OC. The summed E-state index contributed by atoms with van der Waals surface area (Å²) >= 11 is 0. The molecule has 0 heterocycles. The third kappa shape index (κ3) is 3.82. The van der Waals surface area contributed by atoms with Crippen LogP contribution >= 0.6 is 0 Å². The predicted octanol–water partition coefficient (Wildman–Crippen LogP) is 1.94. The van der Waals surface area contributed by atoms with Gasteiger partial charge in [-0.25, -0.2) is 0 Å². The average molecular weight is 292 g/mol. The van der Waals surface area contributed by atoms with E-state index in [1.165, 1.54) is 14.2 Å². The van der Waals surface area contributed by atoms with Crippen molar-refractivity contribution in [3.8, 4) is 0 Å². The molecule has 2 atom stereocenters. The lowest BCUT2D eigenvalue weighted by molar-refractivity contribution is -0.156. The third-order valence-electron chi connectivity index (χ3n) is 3.86. The highest BCUT2D eigenvalue weighted by atomic mass is 16.5. The minimum absolute atomic E-state index is 0.140. The fraction of sp³-hybridized carbons (Fsp3) is 0.500. The van der Waals surface area contributed by atoms with Crippen LogP contribution in [0, 0.1) is 11.8 Å². The Morgan fingerprint density at radius 3 is 2.00 bits per heavy atom. The van der Waals surface area contributed by atoms with Gasteiger partial charge in [0.05, 0.1) is 38.8 Å². The molecule has 0 aliphatic heterocycles. The van der Waals surface area contributed by atoms with Crippen LogP contribution in [0.25, 0.3) is 0 Å². The average Bonchev–Trinajstić information content (AvgIpc) is 2.96. The molecular formula is C16H20O5. The normalized spacial score (nSPS) is 22.0. The van der Waals surface area contributed by atoms with E-state index in [1.807, 2.05) is 30.3 Å². The first-order valence-electron chi connectivity index (χ1n) is 6.97. The number of ether oxygens (including phenoxy) is 3. The molecule has 5 heteroatoms. The van der Waals surface area contributed by atoms with Crippen LogP contribution in [0.5, 0.6) is 0 Å². The highest BCUT2D eigenvalue weighted by molar-refractivity contribution is 5.82. The zero-order valence-electron chi connectivity index (χ0n) is 12.3. The molecule has 0 aromatic heterocycles. The first-order valence-corrected chi connectivity index (χ1v) is 6.97. The summed E-state index contributed by atoms with van der Waals surface area (Å²) in [7, 11) is 2.66. The standard InChI is InChI=1S/C16H20O5/c1-19-15(17)13-8-12(9-14(13)16(18)20-2)21-10-11-6-4-3-5-7-11/h3-7,12-14H,8-10H2,1-2H3/t13-,14-/m1/s1. The number of rotatable bonds is 5. The molecule has 1 aromatic rings. The van der Waals surface area contributed by atoms with Gasteiger partial charge in [-0.05, 0) is 18.4 Å². The zero-order valence-corrected chi connectivity index (χ0v) is 12.3. The highest BCUT2D eigenvalue weighted by Crippen LogP contribution is 2.36. The second-order valence-corrected chi connectivity index (χ2v) is 5.15. The van der Waals surface area contributed by atoms with Gasteiger partial charge in [-0.2, -0.15) is 0 Å². The molecule has 2 rings (SSSR count). The summed E-state index contributed by atoms with van der Waals surface area (Å²) in [5, 5.41) is 0. The summed E-state index contributed by atoms with van der Waals surface area (Å²) in [6, 6.07) is 9.79. The molecule has 1 saturated carbocycles. The number of hydrogen-bond acceptors (Lipinski definition) is 5. The number of methoxy groups -OCH3 is 2. The third-order valence-corrected chi connectivity index (χ3v) is 3.86. The van der Waals surface area contributed by atoms with Crippen LogP contribution in [0.1, 0.15) is 18.4 Å². The lowest BCUT2D eigenvalue weighted by Gasteiger charge is -2.13. The summed E-state index contributed by atoms with van der Waals surface area (Å²) in [5.41, 5.74) is 1.06. The topological polar surface area (TPSA) is 61.8 Å². The lowest BCUT2D eigenvalue weighted by atomic mass is 9.96. The molecule has 1 aliphatic rings. The van der Waals surface area contributed by atoms with Crippen molar-refractivity contribution in [2.24, 2.45) is 11.8 Å². The number of esters is 2. The van der Waals surface area contributed by atoms with Crippen molar-refractivity contribution in [1.29, 1.82) is 0 Å². The monoisotopic (exact) mass is 292 g/mol. The largest absolute Gasteiger partial charge is 0.469 e. The molecule has 1 aromatic carbocycles. The molecule has 0 spiro atoms. The van der Waals surface area contributed by atoms with E-state index >= 15 is 0 Å². The number of carbonyl (C=O) groups is 2. The summed E-state index contributed by atoms with van der Waals surface area (Å²) in [4.78, 5) is 23.6. The first kappa shape index (κ1) is 15.5. The van der Waals surface area contributed by atoms with Crippen LogP contribution in [-0.2, 0) is 30.4 Å². The van der Waals surface area contributed by atoms with Crippen LogP contribution < -0.4 is 0 Å². The van der Waals surface area contributed by atoms with Crippen molar-refractivity contribution < 1.29 is 23.8 Å². The minimum atomic E-state index is -0.483. The van der Waals surface area contributed by atoms with E-state index in [2.05, 4.69) is 0 Å². The van der Waals surface area contributed by atoms with Crippen molar-refractivity contribution in [3.63, 3.8) is 0 Å². The van der Waals surface area contributed by atoms with E-state index in [9.17, 15) is 9.59 Å². The van der Waals surface area contributed by atoms with Gasteiger partial charge in [-0.15, -0.1) is 0 Å². The van der Waals surface area contributed by atoms with Crippen molar-refractivity contribution in [3.05, 3.63) is 35.9 Å². The zero-order chi connectivity index (χ0) is 15.2. The Hall–Kier alpha value is -1.88. The Balaban J connectivity index is 1.96. The smallest absolute Gasteiger partial charge is 0.309 e. The van der Waals surface area contributed by atoms with Crippen molar-refractivity contribution in [1.82, 2.24) is 0 Å².